The van der Waals surface area contributed by atoms with Gasteiger partial charge in [0.05, 0.1) is 32.3 Å². The first-order valence-electron chi connectivity index (χ1n) is 9.59. The molecule has 0 aromatic heterocycles. The zero-order chi connectivity index (χ0) is 19.0. The SMILES string of the molecule is CCCCCOC(=O)C1[C@H]2C(=O)N(c3ccc(OC)cc3)C[C@]23C=C[C@H]1O3. The minimum atomic E-state index is -0.727. The van der Waals surface area contributed by atoms with Gasteiger partial charge in [0, 0.05) is 5.69 Å². The van der Waals surface area contributed by atoms with Gasteiger partial charge in [-0.1, -0.05) is 31.9 Å². The first-order chi connectivity index (χ1) is 13.1. The van der Waals surface area contributed by atoms with E-state index in [1.165, 1.54) is 0 Å². The van der Waals surface area contributed by atoms with Crippen molar-refractivity contribution in [2.24, 2.45) is 11.8 Å². The van der Waals surface area contributed by atoms with E-state index in [0.717, 1.165) is 30.7 Å². The van der Waals surface area contributed by atoms with Gasteiger partial charge in [-0.3, -0.25) is 9.59 Å². The van der Waals surface area contributed by atoms with E-state index < -0.39 is 17.4 Å². The topological polar surface area (TPSA) is 65.1 Å². The molecule has 1 spiro atoms. The van der Waals surface area contributed by atoms with E-state index in [1.807, 2.05) is 36.4 Å². The van der Waals surface area contributed by atoms with Gasteiger partial charge < -0.3 is 19.1 Å². The van der Waals surface area contributed by atoms with Gasteiger partial charge in [-0.2, -0.15) is 0 Å². The fourth-order valence-electron chi connectivity index (χ4n) is 4.37. The normalized spacial score (nSPS) is 30.7. The van der Waals surface area contributed by atoms with E-state index in [2.05, 4.69) is 6.92 Å². The highest BCUT2D eigenvalue weighted by molar-refractivity contribution is 6.02. The molecule has 2 saturated heterocycles. The molecule has 4 atom stereocenters. The number of methoxy groups -OCH3 is 1. The van der Waals surface area contributed by atoms with Crippen molar-refractivity contribution in [3.63, 3.8) is 0 Å². The Bertz CT molecular complexity index is 758. The lowest BCUT2D eigenvalue weighted by Crippen LogP contribution is -2.40. The average Bonchev–Trinajstić information content (AvgIpc) is 3.33. The molecule has 1 amide bonds. The maximum absolute atomic E-state index is 13.2. The summed E-state index contributed by atoms with van der Waals surface area (Å²) in [5.41, 5.74) is 0.0505. The fourth-order valence-corrected chi connectivity index (χ4v) is 4.37. The highest BCUT2D eigenvalue weighted by Crippen LogP contribution is 2.52. The van der Waals surface area contributed by atoms with Crippen molar-refractivity contribution in [1.29, 1.82) is 0 Å². The summed E-state index contributed by atoms with van der Waals surface area (Å²) in [6.07, 6.45) is 6.42. The molecule has 0 saturated carbocycles. The molecule has 3 aliphatic heterocycles. The molecule has 6 nitrogen and oxygen atoms in total. The van der Waals surface area contributed by atoms with Crippen LogP contribution >= 0.6 is 0 Å². The number of ether oxygens (including phenoxy) is 3. The van der Waals surface area contributed by atoms with Crippen LogP contribution in [0.2, 0.25) is 0 Å². The van der Waals surface area contributed by atoms with Crippen LogP contribution in [0.1, 0.15) is 26.2 Å². The zero-order valence-corrected chi connectivity index (χ0v) is 15.7. The molecule has 0 radical (unpaired) electrons. The summed E-state index contributed by atoms with van der Waals surface area (Å²) in [6, 6.07) is 7.34. The standard InChI is InChI=1S/C21H25NO5/c1-3-4-5-12-26-20(24)17-16-10-11-21(27-16)13-22(19(23)18(17)21)14-6-8-15(25-2)9-7-14/h6-11,16-18H,3-5,12-13H2,1-2H3/t16-,17?,18+,21-/m1/s1. The van der Waals surface area contributed by atoms with Crippen LogP contribution in [0.5, 0.6) is 5.75 Å². The smallest absolute Gasteiger partial charge is 0.312 e. The molecule has 0 aliphatic carbocycles. The molecule has 2 fully saturated rings. The summed E-state index contributed by atoms with van der Waals surface area (Å²) in [4.78, 5) is 27.6. The number of hydrogen-bond donors (Lipinski definition) is 0. The highest BCUT2D eigenvalue weighted by atomic mass is 16.6. The minimum absolute atomic E-state index is 0.0810. The van der Waals surface area contributed by atoms with Crippen LogP contribution in [0.15, 0.2) is 36.4 Å². The van der Waals surface area contributed by atoms with E-state index in [0.29, 0.717) is 13.2 Å². The number of amides is 1. The largest absolute Gasteiger partial charge is 0.497 e. The Balaban J connectivity index is 1.52. The zero-order valence-electron chi connectivity index (χ0n) is 15.7. The molecule has 2 bridgehead atoms. The van der Waals surface area contributed by atoms with Crippen LogP contribution < -0.4 is 9.64 Å². The summed E-state index contributed by atoms with van der Waals surface area (Å²) < 4.78 is 16.8. The van der Waals surface area contributed by atoms with Crippen molar-refractivity contribution < 1.29 is 23.8 Å². The number of esters is 1. The van der Waals surface area contributed by atoms with E-state index in [1.54, 1.807) is 12.0 Å². The number of unbranched alkanes of at least 4 members (excludes halogenated alkanes) is 2. The van der Waals surface area contributed by atoms with Gasteiger partial charge in [0.1, 0.15) is 17.3 Å². The predicted molar refractivity (Wildman–Crippen MR) is 99.6 cm³/mol. The van der Waals surface area contributed by atoms with E-state index in [9.17, 15) is 9.59 Å². The van der Waals surface area contributed by atoms with Crippen LogP contribution in [0.4, 0.5) is 5.69 Å². The maximum atomic E-state index is 13.2. The number of fused-ring (bicyclic) bond motifs is 1. The molecule has 3 aliphatic rings. The van der Waals surface area contributed by atoms with Gasteiger partial charge in [-0.15, -0.1) is 0 Å². The molecule has 6 heteroatoms. The molecule has 144 valence electrons. The van der Waals surface area contributed by atoms with Crippen molar-refractivity contribution in [3.05, 3.63) is 36.4 Å². The maximum Gasteiger partial charge on any atom is 0.312 e. The Morgan fingerprint density at radius 2 is 2.07 bits per heavy atom. The Hall–Kier alpha value is -2.34. The van der Waals surface area contributed by atoms with Crippen molar-refractivity contribution in [3.8, 4) is 5.75 Å². The van der Waals surface area contributed by atoms with Crippen molar-refractivity contribution in [1.82, 2.24) is 0 Å². The molecule has 27 heavy (non-hydrogen) atoms. The van der Waals surface area contributed by atoms with E-state index >= 15 is 0 Å². The lowest BCUT2D eigenvalue weighted by molar-refractivity contribution is -0.152. The van der Waals surface area contributed by atoms with Gasteiger partial charge in [0.15, 0.2) is 0 Å². The minimum Gasteiger partial charge on any atom is -0.497 e. The van der Waals surface area contributed by atoms with E-state index in [-0.39, 0.29) is 18.0 Å². The summed E-state index contributed by atoms with van der Waals surface area (Å²) in [5, 5.41) is 0. The van der Waals surface area contributed by atoms with Gasteiger partial charge in [0.25, 0.3) is 0 Å². The number of anilines is 1. The van der Waals surface area contributed by atoms with Crippen LogP contribution in [0.3, 0.4) is 0 Å². The Morgan fingerprint density at radius 3 is 2.78 bits per heavy atom. The lowest BCUT2D eigenvalue weighted by atomic mass is 9.77. The van der Waals surface area contributed by atoms with E-state index in [4.69, 9.17) is 14.2 Å². The molecule has 4 rings (SSSR count). The van der Waals surface area contributed by atoms with Crippen LogP contribution in [-0.2, 0) is 19.1 Å². The first kappa shape index (κ1) is 18.0. The Labute approximate surface area is 159 Å². The number of carbonyl (C=O) groups is 2. The number of benzene rings is 1. The third kappa shape index (κ3) is 2.92. The van der Waals surface area contributed by atoms with Crippen LogP contribution in [-0.4, -0.2) is 43.8 Å². The second-order valence-electron chi connectivity index (χ2n) is 7.40. The Kier molecular flexibility index (Phi) is 4.68. The molecule has 0 N–H and O–H groups in total. The second kappa shape index (κ2) is 7.00. The summed E-state index contributed by atoms with van der Waals surface area (Å²) >= 11 is 0. The molecular weight excluding hydrogens is 346 g/mol. The monoisotopic (exact) mass is 371 g/mol. The molecule has 1 aromatic carbocycles. The van der Waals surface area contributed by atoms with Crippen molar-refractivity contribution >= 4 is 17.6 Å². The highest BCUT2D eigenvalue weighted by Gasteiger charge is 2.67. The fraction of sp³-hybridized carbons (Fsp3) is 0.524. The quantitative estimate of drug-likeness (QED) is 0.419. The molecular formula is C21H25NO5. The molecule has 1 unspecified atom stereocenters. The Morgan fingerprint density at radius 1 is 1.30 bits per heavy atom. The van der Waals surface area contributed by atoms with Gasteiger partial charge in [0.2, 0.25) is 5.91 Å². The summed E-state index contributed by atoms with van der Waals surface area (Å²) in [5.74, 6) is -0.755. The van der Waals surface area contributed by atoms with Gasteiger partial charge in [-0.05, 0) is 30.7 Å². The third-order valence-corrected chi connectivity index (χ3v) is 5.75. The number of carbonyl (C=O) groups excluding carboxylic acids is 2. The predicted octanol–water partition coefficient (Wildman–Crippen LogP) is 2.72. The molecule has 1 aromatic rings. The van der Waals surface area contributed by atoms with Gasteiger partial charge in [-0.25, -0.2) is 0 Å². The third-order valence-electron chi connectivity index (χ3n) is 5.75. The summed E-state index contributed by atoms with van der Waals surface area (Å²) in [6.45, 7) is 2.91. The number of nitrogens with zero attached hydrogens (tertiary/aromatic N) is 1. The van der Waals surface area contributed by atoms with Gasteiger partial charge >= 0.3 is 5.97 Å². The first-order valence-corrected chi connectivity index (χ1v) is 9.59. The lowest BCUT2D eigenvalue weighted by Gasteiger charge is -2.22. The number of hydrogen-bond acceptors (Lipinski definition) is 5. The second-order valence-corrected chi connectivity index (χ2v) is 7.40. The molecule has 3 heterocycles. The van der Waals surface area contributed by atoms with Crippen LogP contribution in [0, 0.1) is 11.8 Å². The van der Waals surface area contributed by atoms with Crippen molar-refractivity contribution in [2.45, 2.75) is 37.9 Å². The van der Waals surface area contributed by atoms with Crippen LogP contribution in [0.25, 0.3) is 0 Å². The summed E-state index contributed by atoms with van der Waals surface area (Å²) in [7, 11) is 1.60. The number of rotatable bonds is 7. The average molecular weight is 371 g/mol. The van der Waals surface area contributed by atoms with Crippen molar-refractivity contribution in [2.75, 3.05) is 25.2 Å².